The van der Waals surface area contributed by atoms with Gasteiger partial charge in [0.2, 0.25) is 0 Å². The van der Waals surface area contributed by atoms with Crippen molar-refractivity contribution in [1.29, 1.82) is 0 Å². The van der Waals surface area contributed by atoms with Crippen LogP contribution in [0.4, 0.5) is 0 Å². The molecule has 12 aromatic carbocycles. The molecule has 0 aliphatic rings. The van der Waals surface area contributed by atoms with Gasteiger partial charge in [-0.15, -0.1) is 0 Å². The Morgan fingerprint density at radius 2 is 0.175 bits per heavy atom. The van der Waals surface area contributed by atoms with E-state index in [1.165, 1.54) is 63.7 Å². The van der Waals surface area contributed by atoms with Crippen LogP contribution in [0.3, 0.4) is 0 Å². The average Bonchev–Trinajstić information content (AvgIpc) is 3.63. The van der Waals surface area contributed by atoms with E-state index in [-0.39, 0.29) is 0 Å². The van der Waals surface area contributed by atoms with Gasteiger partial charge in [-0.25, -0.2) is 0 Å². The van der Waals surface area contributed by atoms with Gasteiger partial charge in [0.15, 0.2) is 0 Å². The molecule has 0 atom stereocenters. The molecule has 0 nitrogen and oxygen atoms in total. The van der Waals surface area contributed by atoms with Gasteiger partial charge in [-0.05, 0) is 0 Å². The monoisotopic (exact) mass is 1830 g/mol. The van der Waals surface area contributed by atoms with Gasteiger partial charge in [0.05, 0.1) is 0 Å². The third-order valence-electron chi connectivity index (χ3n) is 13.8. The first-order chi connectivity index (χ1) is 39.3. The zero-order valence-electron chi connectivity index (χ0n) is 43.9. The van der Waals surface area contributed by atoms with E-state index in [1.807, 2.05) is 0 Å². The predicted molar refractivity (Wildman–Crippen MR) is 346 cm³/mol. The normalized spacial score (nSPS) is 12.1. The average molecular weight is 1830 g/mol. The molecule has 0 N–H and O–H groups in total. The van der Waals surface area contributed by atoms with Gasteiger partial charge in [-0.2, -0.15) is 0 Å². The van der Waals surface area contributed by atoms with Gasteiger partial charge in [0.25, 0.3) is 0 Å². The van der Waals surface area contributed by atoms with Gasteiger partial charge < -0.3 is 0 Å². The minimum atomic E-state index is -1.91. The van der Waals surface area contributed by atoms with Crippen LogP contribution in [0.2, 0.25) is 0 Å². The first kappa shape index (κ1) is 59.7. The molecule has 0 aliphatic carbocycles. The molecule has 80 heavy (non-hydrogen) atoms. The topological polar surface area (TPSA) is 0 Å². The Morgan fingerprint density at radius 1 is 0.113 bits per heavy atom. The van der Waals surface area contributed by atoms with Crippen molar-refractivity contribution >= 4 is 85.1 Å². The van der Waals surface area contributed by atoms with Crippen molar-refractivity contribution in [2.45, 2.75) is 0 Å². The zero-order valence-corrected chi connectivity index (χ0v) is 57.0. The van der Waals surface area contributed by atoms with Crippen LogP contribution < -0.4 is 63.7 Å². The molecule has 0 fully saturated rings. The van der Waals surface area contributed by atoms with Gasteiger partial charge in [-0.3, -0.25) is 0 Å². The van der Waals surface area contributed by atoms with E-state index in [0.717, 1.165) is 0 Å². The SMILES string of the molecule is [Pt][PH](c1ccccc1)(c1ccccc1)c1ccccc1.[Pt][PH](c1ccccc1)(c1ccccc1)c1ccccc1.[Pt][PH](c1ccccc1)(c1ccccc1)c1ccccc1.[Pt][PH](c1ccccc1)(c1ccccc1)c1ccccc1. The molecule has 0 aliphatic heterocycles. The van der Waals surface area contributed by atoms with E-state index >= 15 is 0 Å². The zero-order chi connectivity index (χ0) is 55.4. The summed E-state index contributed by atoms with van der Waals surface area (Å²) in [5.74, 6) is 0. The second-order valence-electron chi connectivity index (χ2n) is 18.8. The molecule has 0 aromatic heterocycles. The Labute approximate surface area is 520 Å². The van der Waals surface area contributed by atoms with Crippen LogP contribution in [0.15, 0.2) is 364 Å². The fraction of sp³-hybridized carbons (Fsp3) is 0. The summed E-state index contributed by atoms with van der Waals surface area (Å²) in [5, 5.41) is 9.70. The van der Waals surface area contributed by atoms with Crippen molar-refractivity contribution in [2.75, 3.05) is 0 Å². The van der Waals surface area contributed by atoms with E-state index in [4.69, 9.17) is 0 Å². The standard InChI is InChI=1S/4C18H15P.4Pt/c4*1-4-10-16(11-5-1)19(17-12-6-2-7-13-17)18-14-8-3-9-15-18;;;;/h4*1-15H;;;;/q;;;;4*-1/p+4. The number of benzene rings is 12. The van der Waals surface area contributed by atoms with Crippen LogP contribution in [0.5, 0.6) is 0 Å². The van der Waals surface area contributed by atoms with Gasteiger partial charge in [-0.1, -0.05) is 0 Å². The molecule has 0 unspecified atom stereocenters. The molecule has 0 radical (unpaired) electrons. The molecule has 0 saturated heterocycles. The van der Waals surface area contributed by atoms with E-state index < -0.39 is 21.4 Å². The first-order valence-corrected chi connectivity index (χ1v) is 47.5. The molecule has 12 rings (SSSR count). The van der Waals surface area contributed by atoms with Crippen molar-refractivity contribution in [3.63, 3.8) is 0 Å². The van der Waals surface area contributed by atoms with E-state index in [1.54, 1.807) is 0 Å². The number of rotatable bonds is 12. The Morgan fingerprint density at radius 3 is 0.237 bits per heavy atom. The van der Waals surface area contributed by atoms with Crippen LogP contribution in [0.25, 0.3) is 0 Å². The number of hydrogen-bond acceptors (Lipinski definition) is 0. The van der Waals surface area contributed by atoms with Gasteiger partial charge in [0, 0.05) is 0 Å². The van der Waals surface area contributed by atoms with Gasteiger partial charge >= 0.3 is 526 Å². The minimum absolute atomic E-state index is 1.44. The molecule has 12 aromatic rings. The Bertz CT molecular complexity index is 2770. The predicted octanol–water partition coefficient (Wildman–Crippen LogP) is 12.7. The summed E-state index contributed by atoms with van der Waals surface area (Å²) < 4.78 is 0. The number of hydrogen-bond donors (Lipinski definition) is 0. The summed E-state index contributed by atoms with van der Waals surface area (Å²) in [4.78, 5) is 0. The molecule has 0 saturated carbocycles. The van der Waals surface area contributed by atoms with Crippen LogP contribution in [0.1, 0.15) is 0 Å². The summed E-state index contributed by atoms with van der Waals surface area (Å²) in [7, 11) is 0. The summed E-state index contributed by atoms with van der Waals surface area (Å²) in [5.41, 5.74) is 0. The molecule has 0 heterocycles. The van der Waals surface area contributed by atoms with E-state index in [0.29, 0.717) is 0 Å². The molecule has 8 heteroatoms. The Balaban J connectivity index is 0.000000129. The van der Waals surface area contributed by atoms with Crippen molar-refractivity contribution in [3.05, 3.63) is 364 Å². The van der Waals surface area contributed by atoms with Crippen molar-refractivity contribution in [1.82, 2.24) is 0 Å². The van der Waals surface area contributed by atoms with Crippen LogP contribution in [-0.4, -0.2) is 0 Å². The molecule has 412 valence electrons. The summed E-state index contributed by atoms with van der Waals surface area (Å²) in [6.45, 7) is 0. The molecular formula is C72H64P4Pt4. The second kappa shape index (κ2) is 29.9. The van der Waals surface area contributed by atoms with Crippen LogP contribution in [-0.2, 0) is 77.2 Å². The third kappa shape index (κ3) is 14.3. The Hall–Kier alpha value is -4.89. The van der Waals surface area contributed by atoms with Crippen LogP contribution >= 0.6 is 21.4 Å². The van der Waals surface area contributed by atoms with Crippen molar-refractivity contribution in [3.8, 4) is 0 Å². The molecule has 0 bridgehead atoms. The fourth-order valence-corrected chi connectivity index (χ4v) is 35.1. The second-order valence-corrected chi connectivity index (χ2v) is 51.1. The molecular weight excluding hydrogens is 1770 g/mol. The quantitative estimate of drug-likeness (QED) is 0.107. The maximum atomic E-state index is 2.69. The summed E-state index contributed by atoms with van der Waals surface area (Å²) >= 11 is 10.8. The molecule has 0 spiro atoms. The van der Waals surface area contributed by atoms with E-state index in [9.17, 15) is 0 Å². The first-order valence-electron chi connectivity index (χ1n) is 26.6. The van der Waals surface area contributed by atoms with Crippen molar-refractivity contribution < 1.29 is 77.2 Å². The summed E-state index contributed by atoms with van der Waals surface area (Å²) in [6.07, 6.45) is 0. The fourth-order valence-electron chi connectivity index (χ4n) is 9.89. The van der Waals surface area contributed by atoms with Gasteiger partial charge in [0.1, 0.15) is 0 Å². The maximum absolute atomic E-state index is 2.69. The molecule has 0 amide bonds. The summed E-state index contributed by atoms with van der Waals surface area (Å²) in [6, 6.07) is 131. The Kier molecular flexibility index (Phi) is 22.3. The third-order valence-corrected chi connectivity index (χ3v) is 50.6. The van der Waals surface area contributed by atoms with E-state index in [2.05, 4.69) is 441 Å². The van der Waals surface area contributed by atoms with Crippen molar-refractivity contribution in [2.24, 2.45) is 0 Å². The van der Waals surface area contributed by atoms with Crippen LogP contribution in [0, 0.1) is 0 Å².